The molecule has 0 unspecified atom stereocenters. The monoisotopic (exact) mass is 742 g/mol. The molecule has 19 heteroatoms. The van der Waals surface area contributed by atoms with Crippen molar-refractivity contribution in [3.8, 4) is 40.1 Å². The van der Waals surface area contributed by atoms with E-state index in [4.69, 9.17) is 37.6 Å². The molecule has 0 spiro atoms. The van der Waals surface area contributed by atoms with Gasteiger partial charge in [0.2, 0.25) is 17.5 Å². The summed E-state index contributed by atoms with van der Waals surface area (Å²) in [5.74, 6) is -1.31. The predicted octanol–water partition coefficient (Wildman–Crippen LogP) is -2.69. The SMILES string of the molecule is C[C@@H]1O[C@@H](OC[C@H]2O[C@@H](Oc3c(-c4ccc(OCCO)c(OCCO)c4)oc4cc(OCCO)cc(O)c4c3=O)[C@H](O)[C@@H](O)[C@@H]2O)[C@@H](O)[C@@H](O)[C@@H]1O. The van der Waals surface area contributed by atoms with Gasteiger partial charge >= 0.3 is 0 Å². The number of fused-ring (bicyclic) bond motifs is 1. The number of aliphatic hydroxyl groups excluding tert-OH is 9. The molecule has 0 bridgehead atoms. The molecule has 0 amide bonds. The third-order valence-corrected chi connectivity index (χ3v) is 8.31. The van der Waals surface area contributed by atoms with Crippen LogP contribution in [0.1, 0.15) is 6.92 Å². The van der Waals surface area contributed by atoms with Crippen LogP contribution < -0.4 is 24.4 Å². The maximum atomic E-state index is 14.1. The highest BCUT2D eigenvalue weighted by Crippen LogP contribution is 2.40. The van der Waals surface area contributed by atoms with Crippen molar-refractivity contribution in [2.75, 3.05) is 46.2 Å². The number of benzene rings is 2. The predicted molar refractivity (Wildman–Crippen MR) is 173 cm³/mol. The summed E-state index contributed by atoms with van der Waals surface area (Å²) in [6.45, 7) is -0.648. The van der Waals surface area contributed by atoms with Gasteiger partial charge in [-0.25, -0.2) is 0 Å². The van der Waals surface area contributed by atoms with E-state index >= 15 is 0 Å². The van der Waals surface area contributed by atoms with Crippen LogP contribution in [0.2, 0.25) is 0 Å². The molecule has 2 saturated heterocycles. The summed E-state index contributed by atoms with van der Waals surface area (Å²) in [6.07, 6.45) is -16.3. The van der Waals surface area contributed by atoms with Gasteiger partial charge in [0.15, 0.2) is 23.5 Å². The van der Waals surface area contributed by atoms with Crippen molar-refractivity contribution >= 4 is 11.0 Å². The molecule has 2 aliphatic heterocycles. The Labute approximate surface area is 294 Å². The van der Waals surface area contributed by atoms with E-state index < -0.39 is 84.9 Å². The summed E-state index contributed by atoms with van der Waals surface area (Å²) < 4.78 is 45.1. The smallest absolute Gasteiger partial charge is 0.239 e. The Morgan fingerprint density at radius 2 is 1.35 bits per heavy atom. The van der Waals surface area contributed by atoms with Crippen LogP contribution in [0.15, 0.2) is 39.5 Å². The first-order valence-corrected chi connectivity index (χ1v) is 16.3. The topological polar surface area (TPSA) is 297 Å². The van der Waals surface area contributed by atoms with Gasteiger partial charge in [0.05, 0.1) is 32.5 Å². The molecule has 10 N–H and O–H groups in total. The number of phenolic OH excluding ortho intramolecular Hbond substituents is 1. The van der Waals surface area contributed by atoms with Crippen molar-refractivity contribution in [3.63, 3.8) is 0 Å². The second kappa shape index (κ2) is 17.3. The lowest BCUT2D eigenvalue weighted by atomic mass is 9.98. The van der Waals surface area contributed by atoms with E-state index in [1.54, 1.807) is 0 Å². The second-order valence-corrected chi connectivity index (χ2v) is 11.9. The highest BCUT2D eigenvalue weighted by atomic mass is 16.7. The second-order valence-electron chi connectivity index (χ2n) is 11.9. The lowest BCUT2D eigenvalue weighted by Crippen LogP contribution is -2.61. The molecule has 0 aliphatic carbocycles. The van der Waals surface area contributed by atoms with Gasteiger partial charge in [-0.15, -0.1) is 0 Å². The molecule has 0 radical (unpaired) electrons. The first-order chi connectivity index (χ1) is 24.9. The van der Waals surface area contributed by atoms with Crippen LogP contribution in [0.5, 0.6) is 28.7 Å². The van der Waals surface area contributed by atoms with E-state index in [2.05, 4.69) is 0 Å². The summed E-state index contributed by atoms with van der Waals surface area (Å²) in [5, 5.41) is 101. The van der Waals surface area contributed by atoms with Crippen LogP contribution in [-0.4, -0.2) is 159 Å². The highest BCUT2D eigenvalue weighted by Gasteiger charge is 2.48. The van der Waals surface area contributed by atoms with Crippen molar-refractivity contribution in [1.29, 1.82) is 0 Å². The third kappa shape index (κ3) is 8.36. The number of ether oxygens (including phenoxy) is 7. The summed E-state index contributed by atoms with van der Waals surface area (Å²) in [5.41, 5.74) is -1.08. The molecule has 2 fully saturated rings. The number of hydrogen-bond acceptors (Lipinski definition) is 19. The summed E-state index contributed by atoms with van der Waals surface area (Å²) in [4.78, 5) is 14.1. The minimum absolute atomic E-state index is 0.0380. The summed E-state index contributed by atoms with van der Waals surface area (Å²) in [7, 11) is 0. The highest BCUT2D eigenvalue weighted by molar-refractivity contribution is 5.88. The number of aromatic hydroxyl groups is 1. The molecule has 10 atom stereocenters. The largest absolute Gasteiger partial charge is 0.507 e. The van der Waals surface area contributed by atoms with E-state index in [0.29, 0.717) is 0 Å². The zero-order valence-corrected chi connectivity index (χ0v) is 27.8. The minimum atomic E-state index is -1.98. The third-order valence-electron chi connectivity index (χ3n) is 8.31. The van der Waals surface area contributed by atoms with Gasteiger partial charge in [-0.2, -0.15) is 0 Å². The standard InChI is InChI=1S/C33H42O19/c1-14-23(38)26(41)28(43)32(49-14)48-13-21-24(39)27(42)29(44)33(51-21)52-31-25(40)22-17(37)11-16(45-7-4-34)12-20(22)50-30(31)15-2-3-18(46-8-5-35)19(10-15)47-9-6-36/h2-3,10-12,14,21,23-24,26-29,32-39,41-44H,4-9,13H2,1H3/t14-,21+,23+,24+,26-,27-,28-,29+,32+,33-/m0/s1. The van der Waals surface area contributed by atoms with Gasteiger partial charge in [-0.1, -0.05) is 0 Å². The van der Waals surface area contributed by atoms with Crippen LogP contribution in [0.3, 0.4) is 0 Å². The fourth-order valence-corrected chi connectivity index (χ4v) is 5.60. The molecular weight excluding hydrogens is 700 g/mol. The maximum absolute atomic E-state index is 14.1. The van der Waals surface area contributed by atoms with Crippen molar-refractivity contribution in [2.45, 2.75) is 68.3 Å². The fourth-order valence-electron chi connectivity index (χ4n) is 5.60. The first kappa shape index (κ1) is 39.4. The quantitative estimate of drug-likeness (QED) is 0.0758. The average Bonchev–Trinajstić information content (AvgIpc) is 3.13. The average molecular weight is 743 g/mol. The van der Waals surface area contributed by atoms with E-state index in [0.717, 1.165) is 6.07 Å². The normalized spacial score (nSPS) is 29.2. The van der Waals surface area contributed by atoms with Crippen molar-refractivity contribution in [2.24, 2.45) is 0 Å². The van der Waals surface area contributed by atoms with E-state index in [1.165, 1.54) is 31.2 Å². The number of phenols is 1. The van der Waals surface area contributed by atoms with Gasteiger partial charge < -0.3 is 88.6 Å². The Balaban J connectivity index is 1.53. The van der Waals surface area contributed by atoms with E-state index in [1.807, 2.05) is 0 Å². The Kier molecular flexibility index (Phi) is 13.1. The van der Waals surface area contributed by atoms with Crippen LogP contribution in [0.25, 0.3) is 22.3 Å². The molecule has 2 aromatic carbocycles. The van der Waals surface area contributed by atoms with E-state index in [-0.39, 0.29) is 79.2 Å². The number of aliphatic hydroxyl groups is 9. The fraction of sp³-hybridized carbons (Fsp3) is 0.545. The molecule has 3 heterocycles. The Bertz CT molecular complexity index is 1700. The molecule has 19 nitrogen and oxygen atoms in total. The zero-order chi connectivity index (χ0) is 37.7. The molecule has 52 heavy (non-hydrogen) atoms. The number of rotatable bonds is 15. The zero-order valence-electron chi connectivity index (χ0n) is 27.8. The molecule has 0 saturated carbocycles. The number of hydrogen-bond donors (Lipinski definition) is 10. The van der Waals surface area contributed by atoms with Gasteiger partial charge in [0.25, 0.3) is 0 Å². The van der Waals surface area contributed by atoms with Crippen molar-refractivity contribution < 1.29 is 88.6 Å². The molecule has 288 valence electrons. The van der Waals surface area contributed by atoms with Crippen molar-refractivity contribution in [3.05, 3.63) is 40.6 Å². The van der Waals surface area contributed by atoms with Crippen molar-refractivity contribution in [1.82, 2.24) is 0 Å². The van der Waals surface area contributed by atoms with Gasteiger partial charge in [-0.05, 0) is 25.1 Å². The Morgan fingerprint density at radius 3 is 2.04 bits per heavy atom. The van der Waals surface area contributed by atoms with Crippen LogP contribution in [0, 0.1) is 0 Å². The van der Waals surface area contributed by atoms with Crippen LogP contribution >= 0.6 is 0 Å². The lowest BCUT2D eigenvalue weighted by molar-refractivity contribution is -0.318. The minimum Gasteiger partial charge on any atom is -0.507 e. The van der Waals surface area contributed by atoms with E-state index in [9.17, 15) is 55.9 Å². The molecule has 3 aromatic rings. The molecular formula is C33H42O19. The Hall–Kier alpha value is -3.83. The van der Waals surface area contributed by atoms with Crippen LogP contribution in [0.4, 0.5) is 0 Å². The molecule has 1 aromatic heterocycles. The first-order valence-electron chi connectivity index (χ1n) is 16.3. The summed E-state index contributed by atoms with van der Waals surface area (Å²) in [6, 6.07) is 6.59. The van der Waals surface area contributed by atoms with Gasteiger partial charge in [0.1, 0.15) is 85.0 Å². The molecule has 5 rings (SSSR count). The molecule has 2 aliphatic rings. The van der Waals surface area contributed by atoms with Gasteiger partial charge in [0, 0.05) is 17.7 Å². The van der Waals surface area contributed by atoms with Crippen LogP contribution in [-0.2, 0) is 14.2 Å². The lowest BCUT2D eigenvalue weighted by Gasteiger charge is -2.42. The van der Waals surface area contributed by atoms with Gasteiger partial charge in [-0.3, -0.25) is 4.79 Å². The maximum Gasteiger partial charge on any atom is 0.239 e. The Morgan fingerprint density at radius 1 is 0.712 bits per heavy atom. The summed E-state index contributed by atoms with van der Waals surface area (Å²) >= 11 is 0.